The molecule has 0 atom stereocenters. The summed E-state index contributed by atoms with van der Waals surface area (Å²) >= 11 is 2.78. The number of thiazole rings is 2. The van der Waals surface area contributed by atoms with Gasteiger partial charge in [-0.25, -0.2) is 14.8 Å². The lowest BCUT2D eigenvalue weighted by Gasteiger charge is -2.29. The Morgan fingerprint density at radius 1 is 0.972 bits per heavy atom. The normalized spacial score (nSPS) is 13.0. The molecule has 0 saturated heterocycles. The number of hydrogen-bond donors (Lipinski definition) is 3. The molecule has 0 radical (unpaired) electrons. The maximum Gasteiger partial charge on any atom is 0.328 e. The van der Waals surface area contributed by atoms with Gasteiger partial charge in [-0.15, -0.1) is 11.3 Å². The van der Waals surface area contributed by atoms with Gasteiger partial charge in [-0.1, -0.05) is 53.8 Å². The van der Waals surface area contributed by atoms with Crippen molar-refractivity contribution in [3.05, 3.63) is 78.5 Å². The van der Waals surface area contributed by atoms with Crippen LogP contribution in [0.1, 0.15) is 12.0 Å². The third kappa shape index (κ3) is 4.20. The molecule has 0 saturated carbocycles. The molecule has 36 heavy (non-hydrogen) atoms. The van der Waals surface area contributed by atoms with E-state index in [1.165, 1.54) is 22.7 Å². The van der Waals surface area contributed by atoms with Crippen molar-refractivity contribution in [1.82, 2.24) is 9.97 Å². The largest absolute Gasteiger partial charge is 0.490 e. The van der Waals surface area contributed by atoms with Crippen LogP contribution in [0.3, 0.4) is 0 Å². The number of urea groups is 1. The smallest absolute Gasteiger partial charge is 0.328 e. The highest BCUT2D eigenvalue weighted by Crippen LogP contribution is 2.41. The van der Waals surface area contributed by atoms with E-state index in [1.807, 2.05) is 66.7 Å². The molecule has 3 aromatic carbocycles. The number of nitrogens with zero attached hydrogens (tertiary/aromatic N) is 3. The van der Waals surface area contributed by atoms with Gasteiger partial charge in [0.05, 0.1) is 27.3 Å². The zero-order chi connectivity index (χ0) is 24.6. The van der Waals surface area contributed by atoms with Gasteiger partial charge >= 0.3 is 6.03 Å². The number of benzene rings is 3. The first-order valence-electron chi connectivity index (χ1n) is 11.2. The zero-order valence-electron chi connectivity index (χ0n) is 18.8. The van der Waals surface area contributed by atoms with E-state index < -0.39 is 6.29 Å². The third-order valence-electron chi connectivity index (χ3n) is 5.76. The molecule has 0 aliphatic carbocycles. The number of aliphatic hydroxyl groups excluding tert-OH is 1. The van der Waals surface area contributed by atoms with E-state index in [4.69, 9.17) is 4.74 Å². The molecule has 180 valence electrons. The third-order valence-corrected chi connectivity index (χ3v) is 7.88. The van der Waals surface area contributed by atoms with Crippen molar-refractivity contribution < 1.29 is 19.7 Å². The summed E-state index contributed by atoms with van der Waals surface area (Å²) in [7, 11) is 0. The summed E-state index contributed by atoms with van der Waals surface area (Å²) in [5, 5.41) is 23.9. The first-order valence-corrected chi connectivity index (χ1v) is 12.8. The maximum absolute atomic E-state index is 13.2. The predicted octanol–water partition coefficient (Wildman–Crippen LogP) is 5.50. The van der Waals surface area contributed by atoms with Gasteiger partial charge in [0, 0.05) is 5.56 Å². The number of aliphatic hydroxyl groups is 2. The summed E-state index contributed by atoms with van der Waals surface area (Å²) in [4.78, 5) is 24.6. The van der Waals surface area contributed by atoms with Crippen molar-refractivity contribution in [1.29, 1.82) is 0 Å². The Bertz CT molecular complexity index is 1530. The average Bonchev–Trinajstić information content (AvgIpc) is 3.53. The van der Waals surface area contributed by atoms with Crippen molar-refractivity contribution in [2.45, 2.75) is 6.29 Å². The molecule has 10 heteroatoms. The van der Waals surface area contributed by atoms with Crippen LogP contribution < -0.4 is 15.0 Å². The Labute approximate surface area is 214 Å². The first-order chi connectivity index (χ1) is 17.6. The van der Waals surface area contributed by atoms with Crippen molar-refractivity contribution >= 4 is 49.7 Å². The Morgan fingerprint density at radius 3 is 2.58 bits per heavy atom. The van der Waals surface area contributed by atoms with E-state index in [-0.39, 0.29) is 11.7 Å². The minimum atomic E-state index is -1.71. The standard InChI is InChI=1S/C26H20N4O4S2/c31-24(32)21-22(15-6-2-1-3-7-15)36-23(28-21)16-10-11-19-18(14-16)30(12-13-34-19)26(33)29-25-27-17-8-4-5-9-20(17)35-25/h1-11,14,24,31-32H,12-13H2,(H,27,29,33). The Morgan fingerprint density at radius 2 is 1.78 bits per heavy atom. The minimum absolute atomic E-state index is 0.195. The lowest BCUT2D eigenvalue weighted by Crippen LogP contribution is -2.40. The van der Waals surface area contributed by atoms with Crippen molar-refractivity contribution in [3.8, 4) is 26.8 Å². The average molecular weight is 517 g/mol. The van der Waals surface area contributed by atoms with Crippen LogP contribution in [0.5, 0.6) is 5.75 Å². The van der Waals surface area contributed by atoms with Gasteiger partial charge in [0.1, 0.15) is 23.1 Å². The van der Waals surface area contributed by atoms with Crippen LogP contribution in [0.2, 0.25) is 0 Å². The number of rotatable bonds is 4. The molecular formula is C26H20N4O4S2. The molecule has 6 rings (SSSR count). The van der Waals surface area contributed by atoms with Crippen LogP contribution in [-0.2, 0) is 0 Å². The topological polar surface area (TPSA) is 108 Å². The summed E-state index contributed by atoms with van der Waals surface area (Å²) in [6, 6.07) is 22.4. The van der Waals surface area contributed by atoms with E-state index in [0.29, 0.717) is 39.6 Å². The highest BCUT2D eigenvalue weighted by Gasteiger charge is 2.26. The summed E-state index contributed by atoms with van der Waals surface area (Å²) in [5.41, 5.74) is 3.23. The van der Waals surface area contributed by atoms with Gasteiger partial charge in [0.15, 0.2) is 11.4 Å². The second-order valence-electron chi connectivity index (χ2n) is 8.07. The predicted molar refractivity (Wildman–Crippen MR) is 142 cm³/mol. The van der Waals surface area contributed by atoms with Crippen LogP contribution in [0.15, 0.2) is 72.8 Å². The summed E-state index contributed by atoms with van der Waals surface area (Å²) in [6.07, 6.45) is -1.71. The SMILES string of the molecule is O=C(Nc1nc2ccccc2s1)N1CCOc2ccc(-c3nc(C(O)O)c(-c4ccccc4)s3)cc21. The molecule has 1 aliphatic rings. The molecule has 1 aliphatic heterocycles. The fourth-order valence-electron chi connectivity index (χ4n) is 4.07. The molecule has 0 spiro atoms. The van der Waals surface area contributed by atoms with Gasteiger partial charge in [0.25, 0.3) is 0 Å². The number of fused-ring (bicyclic) bond motifs is 2. The molecule has 0 unspecified atom stereocenters. The van der Waals surface area contributed by atoms with Crippen molar-refractivity contribution in [2.24, 2.45) is 0 Å². The van der Waals surface area contributed by atoms with Gasteiger partial charge in [-0.05, 0) is 35.9 Å². The molecule has 0 bridgehead atoms. The highest BCUT2D eigenvalue weighted by molar-refractivity contribution is 7.22. The monoisotopic (exact) mass is 516 g/mol. The number of carbonyl (C=O) groups is 1. The second kappa shape index (κ2) is 9.32. The number of hydrogen-bond acceptors (Lipinski definition) is 8. The van der Waals surface area contributed by atoms with Gasteiger partial charge in [0.2, 0.25) is 0 Å². The van der Waals surface area contributed by atoms with E-state index in [0.717, 1.165) is 21.3 Å². The number of ether oxygens (including phenoxy) is 1. The molecule has 5 aromatic rings. The van der Waals surface area contributed by atoms with E-state index in [2.05, 4.69) is 15.3 Å². The number of amides is 2. The lowest BCUT2D eigenvalue weighted by atomic mass is 10.1. The quantitative estimate of drug-likeness (QED) is 0.272. The fraction of sp³-hybridized carbons (Fsp3) is 0.115. The molecule has 2 amide bonds. The van der Waals surface area contributed by atoms with E-state index in [1.54, 1.807) is 11.0 Å². The zero-order valence-corrected chi connectivity index (χ0v) is 20.4. The van der Waals surface area contributed by atoms with Crippen LogP contribution in [0.4, 0.5) is 15.6 Å². The number of carbonyl (C=O) groups excluding carboxylic acids is 1. The van der Waals surface area contributed by atoms with Crippen molar-refractivity contribution in [3.63, 3.8) is 0 Å². The summed E-state index contributed by atoms with van der Waals surface area (Å²) < 4.78 is 6.80. The molecular weight excluding hydrogens is 496 g/mol. The number of nitrogens with one attached hydrogen (secondary N) is 1. The van der Waals surface area contributed by atoms with E-state index >= 15 is 0 Å². The second-order valence-corrected chi connectivity index (χ2v) is 10.1. The van der Waals surface area contributed by atoms with Crippen LogP contribution in [0.25, 0.3) is 31.2 Å². The first kappa shape index (κ1) is 22.6. The minimum Gasteiger partial charge on any atom is -0.490 e. The molecule has 3 N–H and O–H groups in total. The number of aromatic nitrogens is 2. The van der Waals surface area contributed by atoms with Gasteiger partial charge in [-0.3, -0.25) is 10.2 Å². The number of para-hydroxylation sites is 1. The van der Waals surface area contributed by atoms with E-state index in [9.17, 15) is 15.0 Å². The fourth-order valence-corrected chi connectivity index (χ4v) is 6.02. The Hall–Kier alpha value is -3.83. The lowest BCUT2D eigenvalue weighted by molar-refractivity contribution is -0.0448. The summed E-state index contributed by atoms with van der Waals surface area (Å²) in [6.45, 7) is 0.747. The number of anilines is 2. The van der Waals surface area contributed by atoms with Crippen LogP contribution in [0, 0.1) is 0 Å². The summed E-state index contributed by atoms with van der Waals surface area (Å²) in [5.74, 6) is 0.590. The molecule has 0 fully saturated rings. The Kier molecular flexibility index (Phi) is 5.86. The molecule has 8 nitrogen and oxygen atoms in total. The molecule has 2 aromatic heterocycles. The van der Waals surface area contributed by atoms with Crippen molar-refractivity contribution in [2.75, 3.05) is 23.4 Å². The Balaban J connectivity index is 1.33. The van der Waals surface area contributed by atoms with Gasteiger partial charge in [-0.2, -0.15) is 0 Å². The maximum atomic E-state index is 13.2. The molecule has 3 heterocycles. The van der Waals surface area contributed by atoms with Gasteiger partial charge < -0.3 is 14.9 Å². The van der Waals surface area contributed by atoms with Crippen LogP contribution in [-0.4, -0.2) is 39.4 Å². The van der Waals surface area contributed by atoms with Crippen LogP contribution >= 0.6 is 22.7 Å². The highest BCUT2D eigenvalue weighted by atomic mass is 32.1.